The fraction of sp³-hybridized carbons (Fsp3) is 0.0175. The van der Waals surface area contributed by atoms with Crippen molar-refractivity contribution in [2.24, 2.45) is 0 Å². The van der Waals surface area contributed by atoms with Gasteiger partial charge in [-0.2, -0.15) is 0 Å². The highest BCUT2D eigenvalue weighted by Crippen LogP contribution is 2.54. The molecule has 6 heteroatoms. The number of rotatable bonds is 8. The summed E-state index contributed by atoms with van der Waals surface area (Å²) in [6.07, 6.45) is 0. The van der Waals surface area contributed by atoms with Crippen molar-refractivity contribution in [2.75, 3.05) is 0 Å². The molecule has 0 atom stereocenters. The Morgan fingerprint density at radius 1 is 0.270 bits per heavy atom. The normalized spacial score (nSPS) is 10.2. The van der Waals surface area contributed by atoms with E-state index in [1.165, 1.54) is 21.2 Å². The summed E-state index contributed by atoms with van der Waals surface area (Å²) in [4.78, 5) is 0. The van der Waals surface area contributed by atoms with E-state index in [1.807, 2.05) is 0 Å². The third-order valence-electron chi connectivity index (χ3n) is 10.6. The van der Waals surface area contributed by atoms with Crippen molar-refractivity contribution >= 4 is 119 Å². The van der Waals surface area contributed by atoms with E-state index >= 15 is 0 Å². The van der Waals surface area contributed by atoms with Gasteiger partial charge in [0.15, 0.2) is 0 Å². The van der Waals surface area contributed by atoms with Gasteiger partial charge < -0.3 is 17.0 Å². The molecule has 0 saturated heterocycles. The molecule has 63 heavy (non-hydrogen) atoms. The van der Waals surface area contributed by atoms with Crippen LogP contribution in [-0.2, 0) is 5.41 Å². The predicted molar refractivity (Wildman–Crippen MR) is 300 cm³/mol. The molecule has 304 valence electrons. The summed E-state index contributed by atoms with van der Waals surface area (Å²) in [7, 11) is -1.91. The van der Waals surface area contributed by atoms with Crippen molar-refractivity contribution < 1.29 is 17.0 Å². The first kappa shape index (κ1) is 48.3. The van der Waals surface area contributed by atoms with E-state index in [4.69, 9.17) is 0 Å². The van der Waals surface area contributed by atoms with Crippen LogP contribution in [-0.4, -0.2) is 0 Å². The van der Waals surface area contributed by atoms with E-state index in [1.54, 1.807) is 0 Å². The zero-order valence-electron chi connectivity index (χ0n) is 33.6. The van der Waals surface area contributed by atoms with Crippen LogP contribution in [0.5, 0.6) is 0 Å². The summed E-state index contributed by atoms with van der Waals surface area (Å²) in [5.74, 6) is 12.6. The Hall–Kier alpha value is -4.17. The van der Waals surface area contributed by atoms with Crippen LogP contribution in [0.3, 0.4) is 0 Å². The lowest BCUT2D eigenvalue weighted by atomic mass is 9.65. The first-order valence-corrected chi connectivity index (χ1v) is 25.7. The SMILES string of the molecule is IC#Cc1ccc(C(c2ccc(C#CI)cc2)(c2ccc(C#CI)cc2)c2ccc(C#CI)cc2)cc1.[Br-].c1ccc([P+](c2ccccc2)(c2ccccc2)c2ccccc2)cc1. The predicted octanol–water partition coefficient (Wildman–Crippen LogP) is 10.4. The molecule has 8 aromatic carbocycles. The average molecular weight is 1340 g/mol. The van der Waals surface area contributed by atoms with E-state index in [0.717, 1.165) is 44.5 Å². The van der Waals surface area contributed by atoms with Gasteiger partial charge in [-0.25, -0.2) is 0 Å². The summed E-state index contributed by atoms with van der Waals surface area (Å²) in [6.45, 7) is 0. The fourth-order valence-corrected chi connectivity index (χ4v) is 13.4. The van der Waals surface area contributed by atoms with Crippen molar-refractivity contribution in [2.45, 2.75) is 5.41 Å². The van der Waals surface area contributed by atoms with E-state index in [0.29, 0.717) is 0 Å². The van der Waals surface area contributed by atoms with Gasteiger partial charge in [-0.3, -0.25) is 0 Å². The monoisotopic (exact) mass is 1340 g/mol. The second kappa shape index (κ2) is 24.2. The summed E-state index contributed by atoms with van der Waals surface area (Å²) in [5.41, 5.74) is 7.98. The Balaban J connectivity index is 0.000000221. The van der Waals surface area contributed by atoms with Crippen molar-refractivity contribution in [1.29, 1.82) is 0 Å². The molecule has 0 unspecified atom stereocenters. The molecule has 0 aliphatic carbocycles. The van der Waals surface area contributed by atoms with Gasteiger partial charge in [0.2, 0.25) is 0 Å². The largest absolute Gasteiger partial charge is 1.00 e. The van der Waals surface area contributed by atoms with Crippen LogP contribution in [0.25, 0.3) is 0 Å². The molecule has 8 aromatic rings. The van der Waals surface area contributed by atoms with Crippen LogP contribution < -0.4 is 38.2 Å². The fourth-order valence-electron chi connectivity index (χ4n) is 7.93. The van der Waals surface area contributed by atoms with E-state index in [9.17, 15) is 0 Å². The number of hydrogen-bond acceptors (Lipinski definition) is 0. The van der Waals surface area contributed by atoms with Gasteiger partial charge in [0, 0.05) is 113 Å². The third kappa shape index (κ3) is 11.0. The molecule has 0 aliphatic heterocycles. The Kier molecular flexibility index (Phi) is 18.6. The highest BCUT2D eigenvalue weighted by Gasteiger charge is 2.47. The maximum Gasteiger partial charge on any atom is 0.144 e. The first-order valence-electron chi connectivity index (χ1n) is 19.6. The minimum atomic E-state index is -1.91. The van der Waals surface area contributed by atoms with E-state index < -0.39 is 12.7 Å². The van der Waals surface area contributed by atoms with E-state index in [2.05, 4.69) is 348 Å². The summed E-state index contributed by atoms with van der Waals surface area (Å²) >= 11 is 8.31. The van der Waals surface area contributed by atoms with Crippen molar-refractivity contribution in [3.63, 3.8) is 0 Å². The number of benzene rings is 8. The maximum atomic E-state index is 3.16. The topological polar surface area (TPSA) is 0 Å². The molecule has 0 heterocycles. The molecule has 8 rings (SSSR count). The molecule has 0 radical (unpaired) electrons. The van der Waals surface area contributed by atoms with Crippen molar-refractivity contribution in [3.05, 3.63) is 263 Å². The van der Waals surface area contributed by atoms with E-state index in [-0.39, 0.29) is 17.0 Å². The van der Waals surface area contributed by atoms with Gasteiger partial charge in [0.1, 0.15) is 28.5 Å². The maximum absolute atomic E-state index is 3.16. The zero-order chi connectivity index (χ0) is 43.0. The Morgan fingerprint density at radius 3 is 0.635 bits per heavy atom. The van der Waals surface area contributed by atoms with Crippen LogP contribution in [0.2, 0.25) is 0 Å². The van der Waals surface area contributed by atoms with Crippen LogP contribution in [0.15, 0.2) is 218 Å². The van der Waals surface area contributed by atoms with Crippen LogP contribution in [0, 0.1) is 39.4 Å². The minimum Gasteiger partial charge on any atom is -1.00 e. The standard InChI is InChI=1S/C33H16I4.C24H20P.BrH/c34-21-17-25-1-9-29(10-2-25)33(30-11-3-26(4-12-30)18-22-35,31-13-5-27(6-14-31)19-23-36)32-15-7-28(8-16-32)20-24-37;1-5-13-21(14-6-1)25(22-15-7-2-8-16-22,23-17-9-3-10-18-23)24-19-11-4-12-20-24;/h1-16H;1-20H;1H/q;+1;/p-1. The second-order valence-electron chi connectivity index (χ2n) is 14.0. The molecule has 0 fully saturated rings. The average Bonchev–Trinajstić information content (AvgIpc) is 3.33. The molecule has 0 saturated carbocycles. The molecular weight excluding hydrogens is 1300 g/mol. The van der Waals surface area contributed by atoms with Crippen LogP contribution >= 0.6 is 97.6 Å². The zero-order valence-corrected chi connectivity index (χ0v) is 44.7. The lowest BCUT2D eigenvalue weighted by molar-refractivity contribution is -0.0000111. The molecule has 0 spiro atoms. The molecule has 0 amide bonds. The third-order valence-corrected chi connectivity index (χ3v) is 16.0. The van der Waals surface area contributed by atoms with Gasteiger partial charge in [-0.15, -0.1) is 0 Å². The van der Waals surface area contributed by atoms with Crippen molar-refractivity contribution in [1.82, 2.24) is 0 Å². The van der Waals surface area contributed by atoms with Crippen molar-refractivity contribution in [3.8, 4) is 39.4 Å². The molecule has 0 nitrogen and oxygen atoms in total. The quantitative estimate of drug-likeness (QED) is 0.0616. The van der Waals surface area contributed by atoms with Gasteiger partial charge in [0.25, 0.3) is 0 Å². The smallest absolute Gasteiger partial charge is 0.144 e. The number of halogens is 5. The highest BCUT2D eigenvalue weighted by molar-refractivity contribution is 14.1. The summed E-state index contributed by atoms with van der Waals surface area (Å²) in [6, 6.07) is 78.1. The lowest BCUT2D eigenvalue weighted by Crippen LogP contribution is -3.00. The van der Waals surface area contributed by atoms with Gasteiger partial charge in [-0.05, 0) is 135 Å². The molecule has 0 aromatic heterocycles. The molecular formula is C57H36BrI4P. The minimum absolute atomic E-state index is 0. The Labute approximate surface area is 438 Å². The Bertz CT molecular complexity index is 2540. The van der Waals surface area contributed by atoms with Gasteiger partial charge in [-0.1, -0.05) is 145 Å². The highest BCUT2D eigenvalue weighted by atomic mass is 127. The van der Waals surface area contributed by atoms with Crippen LogP contribution in [0.1, 0.15) is 44.5 Å². The Morgan fingerprint density at radius 2 is 0.460 bits per heavy atom. The lowest BCUT2D eigenvalue weighted by Gasteiger charge is -2.37. The summed E-state index contributed by atoms with van der Waals surface area (Å²) in [5, 5.41) is 5.55. The van der Waals surface area contributed by atoms with Gasteiger partial charge in [0.05, 0.1) is 5.41 Å². The summed E-state index contributed by atoms with van der Waals surface area (Å²) < 4.78 is 11.9. The molecule has 0 aliphatic rings. The molecule has 0 N–H and O–H groups in total. The van der Waals surface area contributed by atoms with Crippen LogP contribution in [0.4, 0.5) is 0 Å². The first-order chi connectivity index (χ1) is 30.6. The second-order valence-corrected chi connectivity index (χ2v) is 19.5. The molecule has 0 bridgehead atoms. The van der Waals surface area contributed by atoms with Gasteiger partial charge >= 0.3 is 0 Å². The number of hydrogen-bond donors (Lipinski definition) is 0.